The lowest BCUT2D eigenvalue weighted by Gasteiger charge is -2.35. The molecule has 3 heterocycles. The topological polar surface area (TPSA) is 57.8 Å². The van der Waals surface area contributed by atoms with Crippen molar-refractivity contribution in [2.75, 3.05) is 33.0 Å². The van der Waals surface area contributed by atoms with Crippen LogP contribution in [0.3, 0.4) is 0 Å². The summed E-state index contributed by atoms with van der Waals surface area (Å²) >= 11 is 6.16. The van der Waals surface area contributed by atoms with Gasteiger partial charge in [-0.2, -0.15) is 0 Å². The number of H-pyrrole nitrogens is 1. The number of nitrogens with zero attached hydrogens (tertiary/aromatic N) is 2. The van der Waals surface area contributed by atoms with Crippen molar-refractivity contribution < 1.29 is 14.3 Å². The number of para-hydroxylation sites is 1. The standard InChI is InChI=1S/C29H28ClN3O3/c30-22-8-6-21(7-9-22)24(25-17-31-26-4-2-1-3-23(25)26)16-29(34)33-13-11-32(12-14-33)18-20-5-10-27-28(15-20)36-19-35-27/h1-10,15,17,24,31H,11-14,16,18-19H2/t24-/m1/s1. The summed E-state index contributed by atoms with van der Waals surface area (Å²) in [7, 11) is 0. The van der Waals surface area contributed by atoms with Gasteiger partial charge in [0.2, 0.25) is 12.7 Å². The number of aromatic amines is 1. The molecule has 1 fully saturated rings. The molecule has 0 bridgehead atoms. The van der Waals surface area contributed by atoms with Crippen molar-refractivity contribution in [2.45, 2.75) is 18.9 Å². The number of carbonyl (C=O) groups is 1. The lowest BCUT2D eigenvalue weighted by atomic mass is 9.87. The molecule has 4 aromatic rings. The van der Waals surface area contributed by atoms with Crippen molar-refractivity contribution in [3.05, 3.63) is 94.6 Å². The molecule has 1 N–H and O–H groups in total. The number of aromatic nitrogens is 1. The van der Waals surface area contributed by atoms with Gasteiger partial charge in [-0.25, -0.2) is 0 Å². The van der Waals surface area contributed by atoms with E-state index in [1.807, 2.05) is 53.6 Å². The van der Waals surface area contributed by atoms with Crippen LogP contribution in [0.25, 0.3) is 10.9 Å². The average molecular weight is 502 g/mol. The van der Waals surface area contributed by atoms with Gasteiger partial charge in [0.25, 0.3) is 0 Å². The highest BCUT2D eigenvalue weighted by molar-refractivity contribution is 6.30. The number of nitrogens with one attached hydrogen (secondary N) is 1. The van der Waals surface area contributed by atoms with E-state index in [0.717, 1.165) is 66.3 Å². The number of hydrogen-bond donors (Lipinski definition) is 1. The molecule has 2 aliphatic rings. The molecule has 2 aliphatic heterocycles. The molecule has 0 unspecified atom stereocenters. The van der Waals surface area contributed by atoms with E-state index in [-0.39, 0.29) is 18.6 Å². The van der Waals surface area contributed by atoms with E-state index in [9.17, 15) is 4.79 Å². The van der Waals surface area contributed by atoms with Crippen molar-refractivity contribution in [1.29, 1.82) is 0 Å². The van der Waals surface area contributed by atoms with E-state index >= 15 is 0 Å². The number of carbonyl (C=O) groups excluding carboxylic acids is 1. The maximum absolute atomic E-state index is 13.5. The normalized spacial score (nSPS) is 16.4. The van der Waals surface area contributed by atoms with E-state index in [1.54, 1.807) is 0 Å². The fourth-order valence-electron chi connectivity index (χ4n) is 5.24. The molecular weight excluding hydrogens is 474 g/mol. The maximum Gasteiger partial charge on any atom is 0.231 e. The van der Waals surface area contributed by atoms with E-state index in [0.29, 0.717) is 11.4 Å². The smallest absolute Gasteiger partial charge is 0.231 e. The highest BCUT2D eigenvalue weighted by Gasteiger charge is 2.27. The highest BCUT2D eigenvalue weighted by Crippen LogP contribution is 2.35. The van der Waals surface area contributed by atoms with Gasteiger partial charge in [-0.1, -0.05) is 48.0 Å². The molecule has 0 aliphatic carbocycles. The minimum atomic E-state index is -0.0439. The lowest BCUT2D eigenvalue weighted by Crippen LogP contribution is -2.48. The van der Waals surface area contributed by atoms with Crippen molar-refractivity contribution in [2.24, 2.45) is 0 Å². The number of rotatable bonds is 6. The van der Waals surface area contributed by atoms with Gasteiger partial charge in [-0.15, -0.1) is 0 Å². The largest absolute Gasteiger partial charge is 0.454 e. The number of halogens is 1. The molecule has 1 aromatic heterocycles. The van der Waals surface area contributed by atoms with E-state index in [4.69, 9.17) is 21.1 Å². The molecule has 1 atom stereocenters. The molecule has 0 saturated carbocycles. The molecule has 6 rings (SSSR count). The van der Waals surface area contributed by atoms with Crippen LogP contribution in [0.4, 0.5) is 0 Å². The van der Waals surface area contributed by atoms with Crippen LogP contribution >= 0.6 is 11.6 Å². The third-order valence-corrected chi connectivity index (χ3v) is 7.47. The summed E-state index contributed by atoms with van der Waals surface area (Å²) in [4.78, 5) is 21.3. The van der Waals surface area contributed by atoms with E-state index < -0.39 is 0 Å². The Morgan fingerprint density at radius 2 is 1.72 bits per heavy atom. The van der Waals surface area contributed by atoms with Gasteiger partial charge in [0.05, 0.1) is 0 Å². The minimum Gasteiger partial charge on any atom is -0.454 e. The second-order valence-corrected chi connectivity index (χ2v) is 9.88. The number of benzene rings is 3. The van der Waals surface area contributed by atoms with Gasteiger partial charge >= 0.3 is 0 Å². The van der Waals surface area contributed by atoms with Crippen LogP contribution in [0, 0.1) is 0 Å². The van der Waals surface area contributed by atoms with Crippen LogP contribution < -0.4 is 9.47 Å². The molecule has 1 saturated heterocycles. The monoisotopic (exact) mass is 501 g/mol. The third kappa shape index (κ3) is 4.66. The van der Waals surface area contributed by atoms with Gasteiger partial charge in [-0.05, 0) is 47.0 Å². The Labute approximate surface area is 215 Å². The first-order chi connectivity index (χ1) is 17.6. The SMILES string of the molecule is O=C(C[C@H](c1ccc(Cl)cc1)c1c[nH]c2ccccc12)N1CCN(Cc2ccc3c(c2)OCO3)CC1. The van der Waals surface area contributed by atoms with Crippen LogP contribution in [-0.2, 0) is 11.3 Å². The highest BCUT2D eigenvalue weighted by atomic mass is 35.5. The van der Waals surface area contributed by atoms with E-state index in [2.05, 4.69) is 34.1 Å². The zero-order chi connectivity index (χ0) is 24.5. The zero-order valence-corrected chi connectivity index (χ0v) is 20.7. The first-order valence-corrected chi connectivity index (χ1v) is 12.7. The third-order valence-electron chi connectivity index (χ3n) is 7.22. The summed E-state index contributed by atoms with van der Waals surface area (Å²) < 4.78 is 10.9. The maximum atomic E-state index is 13.5. The Bertz CT molecular complexity index is 1380. The zero-order valence-electron chi connectivity index (χ0n) is 20.0. The molecule has 184 valence electrons. The number of amides is 1. The van der Waals surface area contributed by atoms with Crippen LogP contribution in [0.2, 0.25) is 5.02 Å². The molecule has 7 heteroatoms. The summed E-state index contributed by atoms with van der Waals surface area (Å²) in [6, 6.07) is 22.2. The van der Waals surface area contributed by atoms with Crippen molar-refractivity contribution in [3.63, 3.8) is 0 Å². The summed E-state index contributed by atoms with van der Waals surface area (Å²) in [5.41, 5.74) is 4.51. The molecule has 36 heavy (non-hydrogen) atoms. The molecule has 6 nitrogen and oxygen atoms in total. The number of hydrogen-bond acceptors (Lipinski definition) is 4. The number of ether oxygens (including phenoxy) is 2. The first-order valence-electron chi connectivity index (χ1n) is 12.3. The lowest BCUT2D eigenvalue weighted by molar-refractivity contribution is -0.133. The Balaban J connectivity index is 1.14. The van der Waals surface area contributed by atoms with E-state index in [1.165, 1.54) is 5.56 Å². The average Bonchev–Trinajstić information content (AvgIpc) is 3.55. The summed E-state index contributed by atoms with van der Waals surface area (Å²) in [6.07, 6.45) is 2.46. The summed E-state index contributed by atoms with van der Waals surface area (Å²) in [6.45, 7) is 4.27. The number of piperazine rings is 1. The van der Waals surface area contributed by atoms with Crippen LogP contribution in [0.1, 0.15) is 29.0 Å². The first kappa shape index (κ1) is 23.0. The summed E-state index contributed by atoms with van der Waals surface area (Å²) in [5, 5.41) is 1.85. The van der Waals surface area contributed by atoms with Crippen LogP contribution in [-0.4, -0.2) is 53.7 Å². The van der Waals surface area contributed by atoms with Gasteiger partial charge in [0.1, 0.15) is 0 Å². The van der Waals surface area contributed by atoms with Gasteiger partial charge in [0, 0.05) is 67.2 Å². The predicted octanol–water partition coefficient (Wildman–Crippen LogP) is 5.42. The second-order valence-electron chi connectivity index (χ2n) is 9.44. The molecule has 3 aromatic carbocycles. The van der Waals surface area contributed by atoms with Gasteiger partial charge < -0.3 is 19.4 Å². The Hall–Kier alpha value is -3.48. The quantitative estimate of drug-likeness (QED) is 0.383. The fraction of sp³-hybridized carbons (Fsp3) is 0.276. The van der Waals surface area contributed by atoms with Crippen molar-refractivity contribution in [1.82, 2.24) is 14.8 Å². The Kier molecular flexibility index (Phi) is 6.30. The second kappa shape index (κ2) is 9.88. The van der Waals surface area contributed by atoms with Crippen molar-refractivity contribution >= 4 is 28.4 Å². The molecular formula is C29H28ClN3O3. The predicted molar refractivity (Wildman–Crippen MR) is 141 cm³/mol. The Morgan fingerprint density at radius 3 is 2.56 bits per heavy atom. The number of fused-ring (bicyclic) bond motifs is 2. The summed E-state index contributed by atoms with van der Waals surface area (Å²) in [5.74, 6) is 1.76. The van der Waals surface area contributed by atoms with Gasteiger partial charge in [-0.3, -0.25) is 9.69 Å². The molecule has 1 amide bonds. The van der Waals surface area contributed by atoms with Crippen molar-refractivity contribution in [3.8, 4) is 11.5 Å². The van der Waals surface area contributed by atoms with Gasteiger partial charge in [0.15, 0.2) is 11.5 Å². The fourth-order valence-corrected chi connectivity index (χ4v) is 5.37. The molecule has 0 radical (unpaired) electrons. The Morgan fingerprint density at radius 1 is 0.944 bits per heavy atom. The minimum absolute atomic E-state index is 0.0439. The molecule has 0 spiro atoms. The van der Waals surface area contributed by atoms with Crippen LogP contribution in [0.15, 0.2) is 72.9 Å². The van der Waals surface area contributed by atoms with Crippen LogP contribution in [0.5, 0.6) is 11.5 Å².